The zero-order valence-corrected chi connectivity index (χ0v) is 14.3. The van der Waals surface area contributed by atoms with Crippen LogP contribution < -0.4 is 5.32 Å². The number of fused-ring (bicyclic) bond motifs is 1. The molecular weight excluding hydrogens is 318 g/mol. The van der Waals surface area contributed by atoms with E-state index < -0.39 is 0 Å². The van der Waals surface area contributed by atoms with Crippen LogP contribution in [0.5, 0.6) is 0 Å². The summed E-state index contributed by atoms with van der Waals surface area (Å²) in [5.74, 6) is 0.659. The van der Waals surface area contributed by atoms with E-state index in [0.29, 0.717) is 5.95 Å². The molecule has 3 aromatic rings. The van der Waals surface area contributed by atoms with Crippen LogP contribution in [0.3, 0.4) is 0 Å². The summed E-state index contributed by atoms with van der Waals surface area (Å²) in [4.78, 5) is 1.24. The Labute approximate surface area is 144 Å². The summed E-state index contributed by atoms with van der Waals surface area (Å²) in [7, 11) is 0. The van der Waals surface area contributed by atoms with Crippen LogP contribution in [0.2, 0.25) is 0 Å². The molecule has 0 radical (unpaired) electrons. The van der Waals surface area contributed by atoms with Gasteiger partial charge in [0.25, 0.3) is 0 Å². The van der Waals surface area contributed by atoms with Gasteiger partial charge in [0, 0.05) is 10.6 Å². The van der Waals surface area contributed by atoms with E-state index >= 15 is 0 Å². The van der Waals surface area contributed by atoms with Crippen LogP contribution in [-0.4, -0.2) is 26.5 Å². The van der Waals surface area contributed by atoms with Crippen LogP contribution in [0.15, 0.2) is 59.5 Å². The summed E-state index contributed by atoms with van der Waals surface area (Å²) >= 11 is 1.74. The molecule has 0 bridgehead atoms. The number of nitrogens with one attached hydrogen (secondary N) is 1. The van der Waals surface area contributed by atoms with E-state index in [9.17, 15) is 0 Å². The molecule has 0 saturated carbocycles. The lowest BCUT2D eigenvalue weighted by atomic mass is 10.0. The Morgan fingerprint density at radius 1 is 1.04 bits per heavy atom. The Morgan fingerprint density at radius 2 is 1.79 bits per heavy atom. The van der Waals surface area contributed by atoms with Gasteiger partial charge >= 0.3 is 0 Å². The number of allylic oxidation sites excluding steroid dienone is 1. The number of aromatic nitrogens is 4. The average molecular weight is 335 g/mol. The number of nitrogens with zero attached hydrogens (tertiary/aromatic N) is 4. The van der Waals surface area contributed by atoms with Gasteiger partial charge in [0.05, 0.1) is 0 Å². The van der Waals surface area contributed by atoms with Crippen molar-refractivity contribution in [3.8, 4) is 0 Å². The number of hydrogen-bond donors (Lipinski definition) is 1. The molecule has 1 aliphatic rings. The first-order valence-corrected chi connectivity index (χ1v) is 8.95. The molecule has 1 aliphatic heterocycles. The highest BCUT2D eigenvalue weighted by molar-refractivity contribution is 7.98. The predicted molar refractivity (Wildman–Crippen MR) is 97.0 cm³/mol. The molecule has 2 aromatic carbocycles. The first kappa shape index (κ1) is 15.0. The van der Waals surface area contributed by atoms with Crippen molar-refractivity contribution >= 4 is 23.4 Å². The van der Waals surface area contributed by atoms with Gasteiger partial charge in [-0.15, -0.1) is 11.8 Å². The summed E-state index contributed by atoms with van der Waals surface area (Å²) in [6.07, 6.45) is 4.25. The third-order valence-electron chi connectivity index (χ3n) is 4.15. The molecule has 0 saturated heterocycles. The number of tetrazole rings is 1. The van der Waals surface area contributed by atoms with Gasteiger partial charge in [-0.05, 0) is 52.9 Å². The highest BCUT2D eigenvalue weighted by atomic mass is 32.2. The fourth-order valence-corrected chi connectivity index (χ4v) is 3.20. The lowest BCUT2D eigenvalue weighted by molar-refractivity contribution is 0.585. The maximum absolute atomic E-state index is 4.14. The summed E-state index contributed by atoms with van der Waals surface area (Å²) < 4.78 is 1.81. The molecule has 4 rings (SSSR count). The Morgan fingerprint density at radius 3 is 2.50 bits per heavy atom. The van der Waals surface area contributed by atoms with Crippen LogP contribution >= 0.6 is 11.8 Å². The van der Waals surface area contributed by atoms with Crippen molar-refractivity contribution in [3.05, 3.63) is 71.3 Å². The largest absolute Gasteiger partial charge is 0.323 e. The Hall–Kier alpha value is -2.60. The summed E-state index contributed by atoms with van der Waals surface area (Å²) in [5, 5.41) is 15.4. The number of hydrogen-bond acceptors (Lipinski definition) is 5. The normalized spacial score (nSPS) is 16.2. The maximum atomic E-state index is 4.14. The maximum Gasteiger partial charge on any atom is 0.248 e. The zero-order chi connectivity index (χ0) is 16.5. The average Bonchev–Trinajstić information content (AvgIpc) is 3.10. The monoisotopic (exact) mass is 335 g/mol. The van der Waals surface area contributed by atoms with Crippen LogP contribution in [0.4, 0.5) is 5.95 Å². The zero-order valence-electron chi connectivity index (χ0n) is 13.5. The van der Waals surface area contributed by atoms with Gasteiger partial charge in [-0.2, -0.15) is 4.68 Å². The molecule has 120 valence electrons. The van der Waals surface area contributed by atoms with Crippen molar-refractivity contribution < 1.29 is 0 Å². The first-order valence-electron chi connectivity index (χ1n) is 7.72. The molecule has 0 unspecified atom stereocenters. The van der Waals surface area contributed by atoms with E-state index in [1.54, 1.807) is 11.8 Å². The molecular formula is C18H17N5S. The number of aryl methyl sites for hydroxylation is 1. The summed E-state index contributed by atoms with van der Waals surface area (Å²) in [6.45, 7) is 2.09. The van der Waals surface area contributed by atoms with E-state index in [2.05, 4.69) is 88.6 Å². The SMILES string of the molecule is CSc1ccc([C@H]2C=C(c3ccc(C)cc3)Nc3nnnn32)cc1. The summed E-state index contributed by atoms with van der Waals surface area (Å²) in [5.41, 5.74) is 4.55. The fourth-order valence-electron chi connectivity index (χ4n) is 2.79. The molecule has 24 heavy (non-hydrogen) atoms. The van der Waals surface area contributed by atoms with Crippen LogP contribution in [-0.2, 0) is 0 Å². The Balaban J connectivity index is 1.77. The van der Waals surface area contributed by atoms with Gasteiger partial charge in [-0.1, -0.05) is 47.1 Å². The number of benzene rings is 2. The minimum atomic E-state index is -0.0246. The molecule has 5 nitrogen and oxygen atoms in total. The standard InChI is InChI=1S/C18H17N5S/c1-12-3-5-13(6-4-12)16-11-17(23-18(19-16)20-21-22-23)14-7-9-15(24-2)10-8-14/h3-11,17H,1-2H3,(H,19,20,22)/t17-/m1/s1. The molecule has 0 aliphatic carbocycles. The van der Waals surface area contributed by atoms with Crippen LogP contribution in [0.25, 0.3) is 5.70 Å². The van der Waals surface area contributed by atoms with Crippen LogP contribution in [0.1, 0.15) is 22.7 Å². The number of anilines is 1. The molecule has 6 heteroatoms. The van der Waals surface area contributed by atoms with Gasteiger partial charge in [-0.3, -0.25) is 0 Å². The lowest BCUT2D eigenvalue weighted by Crippen LogP contribution is -2.20. The lowest BCUT2D eigenvalue weighted by Gasteiger charge is -2.23. The molecule has 0 amide bonds. The second-order valence-electron chi connectivity index (χ2n) is 5.74. The molecule has 0 spiro atoms. The first-order chi connectivity index (χ1) is 11.7. The third-order valence-corrected chi connectivity index (χ3v) is 4.89. The van der Waals surface area contributed by atoms with Gasteiger partial charge < -0.3 is 5.32 Å². The Bertz CT molecular complexity index is 881. The van der Waals surface area contributed by atoms with Gasteiger partial charge in [0.1, 0.15) is 6.04 Å². The predicted octanol–water partition coefficient (Wildman–Crippen LogP) is 3.76. The van der Waals surface area contributed by atoms with Crippen molar-refractivity contribution in [1.29, 1.82) is 0 Å². The molecule has 0 fully saturated rings. The second kappa shape index (κ2) is 6.13. The van der Waals surface area contributed by atoms with E-state index in [4.69, 9.17) is 0 Å². The van der Waals surface area contributed by atoms with E-state index in [0.717, 1.165) is 16.8 Å². The van der Waals surface area contributed by atoms with Crippen molar-refractivity contribution in [2.24, 2.45) is 0 Å². The topological polar surface area (TPSA) is 55.6 Å². The van der Waals surface area contributed by atoms with Gasteiger partial charge in [0.15, 0.2) is 0 Å². The fraction of sp³-hybridized carbons (Fsp3) is 0.167. The van der Waals surface area contributed by atoms with Crippen molar-refractivity contribution in [1.82, 2.24) is 20.2 Å². The van der Waals surface area contributed by atoms with Gasteiger partial charge in [-0.25, -0.2) is 0 Å². The van der Waals surface area contributed by atoms with E-state index in [1.807, 2.05) is 4.68 Å². The molecule has 1 atom stereocenters. The molecule has 2 heterocycles. The van der Waals surface area contributed by atoms with Crippen molar-refractivity contribution in [2.45, 2.75) is 17.9 Å². The van der Waals surface area contributed by atoms with E-state index in [1.165, 1.54) is 10.5 Å². The number of rotatable bonds is 3. The molecule has 1 N–H and O–H groups in total. The minimum absolute atomic E-state index is 0.0246. The second-order valence-corrected chi connectivity index (χ2v) is 6.62. The quantitative estimate of drug-likeness (QED) is 0.739. The minimum Gasteiger partial charge on any atom is -0.323 e. The highest BCUT2D eigenvalue weighted by Crippen LogP contribution is 2.32. The summed E-state index contributed by atoms with van der Waals surface area (Å²) in [6, 6.07) is 17.0. The van der Waals surface area contributed by atoms with E-state index in [-0.39, 0.29) is 6.04 Å². The highest BCUT2D eigenvalue weighted by Gasteiger charge is 2.24. The smallest absolute Gasteiger partial charge is 0.248 e. The van der Waals surface area contributed by atoms with Gasteiger partial charge in [0.2, 0.25) is 5.95 Å². The van der Waals surface area contributed by atoms with Crippen molar-refractivity contribution in [3.63, 3.8) is 0 Å². The third kappa shape index (κ3) is 2.69. The molecule has 1 aromatic heterocycles. The van der Waals surface area contributed by atoms with Crippen molar-refractivity contribution in [2.75, 3.05) is 11.6 Å². The van der Waals surface area contributed by atoms with Crippen LogP contribution in [0, 0.1) is 6.92 Å². The Kier molecular flexibility index (Phi) is 3.82. The number of thioether (sulfide) groups is 1.